The van der Waals surface area contributed by atoms with Crippen LogP contribution in [-0.4, -0.2) is 11.1 Å². The van der Waals surface area contributed by atoms with E-state index in [1.807, 2.05) is 6.92 Å². The van der Waals surface area contributed by atoms with Gasteiger partial charge >= 0.3 is 0 Å². The van der Waals surface area contributed by atoms with Crippen LogP contribution in [0.2, 0.25) is 0 Å². The number of oxazole rings is 1. The van der Waals surface area contributed by atoms with E-state index in [9.17, 15) is 4.79 Å². The average molecular weight is 138 g/mol. The molecule has 0 amide bonds. The Kier molecular flexibility index (Phi) is 1.97. The summed E-state index contributed by atoms with van der Waals surface area (Å²) >= 11 is 0. The fourth-order valence-corrected chi connectivity index (χ4v) is 0.562. The van der Waals surface area contributed by atoms with Gasteiger partial charge in [-0.1, -0.05) is 6.92 Å². The molecule has 52 valence electrons. The van der Waals surface area contributed by atoms with Crippen LogP contribution in [-0.2, 0) is 11.2 Å². The Morgan fingerprint density at radius 1 is 1.90 bits per heavy atom. The highest BCUT2D eigenvalue weighted by atomic mass is 16.3. The first-order valence-electron chi connectivity index (χ1n) is 2.89. The van der Waals surface area contributed by atoms with Crippen LogP contribution in [0.15, 0.2) is 15.7 Å². The molecule has 1 aromatic rings. The van der Waals surface area contributed by atoms with Gasteiger partial charge in [0.05, 0.1) is 0 Å². The van der Waals surface area contributed by atoms with Crippen LogP contribution in [0.4, 0.5) is 5.82 Å². The highest BCUT2D eigenvalue weighted by Gasteiger charge is 1.97. The van der Waals surface area contributed by atoms with Crippen molar-refractivity contribution in [3.63, 3.8) is 0 Å². The lowest BCUT2D eigenvalue weighted by molar-refractivity contribution is 0.502. The highest BCUT2D eigenvalue weighted by molar-refractivity contribution is 5.42. The van der Waals surface area contributed by atoms with Crippen molar-refractivity contribution in [2.45, 2.75) is 13.3 Å². The number of aromatic nitrogens is 1. The molecule has 0 bridgehead atoms. The molecule has 1 aromatic heterocycles. The van der Waals surface area contributed by atoms with Crippen LogP contribution in [0, 0.1) is 0 Å². The summed E-state index contributed by atoms with van der Waals surface area (Å²) in [7, 11) is 0. The first-order valence-corrected chi connectivity index (χ1v) is 2.89. The molecule has 0 N–H and O–H groups in total. The topological polar surface area (TPSA) is 55.5 Å². The molecule has 0 unspecified atom stereocenters. The SMILES string of the molecule is CCc1nc(N=C=O)co1. The number of hydrogen-bond acceptors (Lipinski definition) is 4. The molecule has 0 aliphatic heterocycles. The monoisotopic (exact) mass is 138 g/mol. The fraction of sp³-hybridized carbons (Fsp3) is 0.333. The third kappa shape index (κ3) is 1.30. The van der Waals surface area contributed by atoms with E-state index in [-0.39, 0.29) is 5.82 Å². The Morgan fingerprint density at radius 3 is 3.20 bits per heavy atom. The number of rotatable bonds is 2. The smallest absolute Gasteiger partial charge is 0.242 e. The zero-order valence-corrected chi connectivity index (χ0v) is 5.50. The number of aryl methyl sites for hydroxylation is 1. The van der Waals surface area contributed by atoms with Crippen molar-refractivity contribution in [1.29, 1.82) is 0 Å². The molecule has 4 heteroatoms. The number of aliphatic imine (C=N–C) groups is 1. The summed E-state index contributed by atoms with van der Waals surface area (Å²) in [5, 5.41) is 0. The first-order chi connectivity index (χ1) is 4.86. The molecule has 0 aliphatic carbocycles. The van der Waals surface area contributed by atoms with Gasteiger partial charge in [0.15, 0.2) is 5.89 Å². The van der Waals surface area contributed by atoms with Crippen molar-refractivity contribution in [3.05, 3.63) is 12.2 Å². The van der Waals surface area contributed by atoms with Crippen LogP contribution in [0.3, 0.4) is 0 Å². The third-order valence-electron chi connectivity index (χ3n) is 1.00. The van der Waals surface area contributed by atoms with E-state index in [2.05, 4.69) is 9.98 Å². The van der Waals surface area contributed by atoms with Gasteiger partial charge in [-0.3, -0.25) is 0 Å². The molecular formula is C6H6N2O2. The second kappa shape index (κ2) is 2.94. The van der Waals surface area contributed by atoms with Gasteiger partial charge in [-0.05, 0) is 0 Å². The number of carbonyl (C=O) groups excluding carboxylic acids is 1. The second-order valence-corrected chi connectivity index (χ2v) is 1.66. The Bertz CT molecular complexity index is 260. The van der Waals surface area contributed by atoms with E-state index >= 15 is 0 Å². The zero-order valence-electron chi connectivity index (χ0n) is 5.50. The molecule has 0 fully saturated rings. The molecule has 0 saturated carbocycles. The predicted octanol–water partition coefficient (Wildman–Crippen LogP) is 1.20. The quantitative estimate of drug-likeness (QED) is 0.455. The predicted molar refractivity (Wildman–Crippen MR) is 33.7 cm³/mol. The van der Waals surface area contributed by atoms with Crippen molar-refractivity contribution in [2.24, 2.45) is 4.99 Å². The van der Waals surface area contributed by atoms with E-state index < -0.39 is 0 Å². The minimum absolute atomic E-state index is 0.284. The van der Waals surface area contributed by atoms with E-state index in [0.29, 0.717) is 12.3 Å². The fourth-order valence-electron chi connectivity index (χ4n) is 0.562. The lowest BCUT2D eigenvalue weighted by atomic mass is 10.5. The van der Waals surface area contributed by atoms with Crippen LogP contribution in [0.1, 0.15) is 12.8 Å². The molecule has 1 heterocycles. The van der Waals surface area contributed by atoms with Crippen LogP contribution in [0.5, 0.6) is 0 Å². The minimum atomic E-state index is 0.284. The van der Waals surface area contributed by atoms with Gasteiger partial charge in [0.2, 0.25) is 11.9 Å². The molecule has 10 heavy (non-hydrogen) atoms. The van der Waals surface area contributed by atoms with Gasteiger partial charge in [0, 0.05) is 6.42 Å². The summed E-state index contributed by atoms with van der Waals surface area (Å²) in [5.74, 6) is 0.862. The lowest BCUT2D eigenvalue weighted by Crippen LogP contribution is -1.75. The van der Waals surface area contributed by atoms with Crippen molar-refractivity contribution in [3.8, 4) is 0 Å². The standard InChI is InChI=1S/C6H6N2O2/c1-2-6-8-5(3-10-6)7-4-9/h3H,2H2,1H3. The van der Waals surface area contributed by atoms with E-state index in [1.54, 1.807) is 0 Å². The summed E-state index contributed by atoms with van der Waals surface area (Å²) in [6.45, 7) is 1.90. The molecule has 0 atom stereocenters. The van der Waals surface area contributed by atoms with Crippen molar-refractivity contribution in [1.82, 2.24) is 4.98 Å². The molecule has 0 aliphatic rings. The Hall–Kier alpha value is -1.41. The van der Waals surface area contributed by atoms with Gasteiger partial charge in [-0.15, -0.1) is 4.99 Å². The normalized spacial score (nSPS) is 8.90. The number of isocyanates is 1. The molecule has 0 saturated heterocycles. The Labute approximate surface area is 57.6 Å². The van der Waals surface area contributed by atoms with Gasteiger partial charge < -0.3 is 4.42 Å². The minimum Gasteiger partial charge on any atom is -0.447 e. The second-order valence-electron chi connectivity index (χ2n) is 1.66. The van der Waals surface area contributed by atoms with Crippen LogP contribution < -0.4 is 0 Å². The maximum atomic E-state index is 9.70. The summed E-state index contributed by atoms with van der Waals surface area (Å²) in [6.07, 6.45) is 3.40. The van der Waals surface area contributed by atoms with E-state index in [0.717, 1.165) is 0 Å². The average Bonchev–Trinajstić information content (AvgIpc) is 2.37. The van der Waals surface area contributed by atoms with E-state index in [4.69, 9.17) is 4.42 Å². The molecule has 0 spiro atoms. The van der Waals surface area contributed by atoms with Crippen molar-refractivity contribution >= 4 is 11.9 Å². The molecule has 0 radical (unpaired) electrons. The third-order valence-corrected chi connectivity index (χ3v) is 1.00. The molecular weight excluding hydrogens is 132 g/mol. The lowest BCUT2D eigenvalue weighted by Gasteiger charge is -1.78. The highest BCUT2D eigenvalue weighted by Crippen LogP contribution is 2.09. The van der Waals surface area contributed by atoms with Gasteiger partial charge in [-0.25, -0.2) is 4.79 Å². The number of hydrogen-bond donors (Lipinski definition) is 0. The van der Waals surface area contributed by atoms with Gasteiger partial charge in [0.1, 0.15) is 6.26 Å². The van der Waals surface area contributed by atoms with Crippen molar-refractivity contribution in [2.75, 3.05) is 0 Å². The van der Waals surface area contributed by atoms with Crippen LogP contribution in [0.25, 0.3) is 0 Å². The maximum Gasteiger partial charge on any atom is 0.242 e. The number of nitrogens with zero attached hydrogens (tertiary/aromatic N) is 2. The summed E-state index contributed by atoms with van der Waals surface area (Å²) < 4.78 is 4.88. The van der Waals surface area contributed by atoms with Gasteiger partial charge in [0.25, 0.3) is 0 Å². The van der Waals surface area contributed by atoms with Crippen LogP contribution >= 0.6 is 0 Å². The molecule has 0 aromatic carbocycles. The summed E-state index contributed by atoms with van der Waals surface area (Å²) in [4.78, 5) is 16.8. The zero-order chi connectivity index (χ0) is 7.40. The Balaban J connectivity index is 2.87. The largest absolute Gasteiger partial charge is 0.447 e. The Morgan fingerprint density at radius 2 is 2.70 bits per heavy atom. The summed E-state index contributed by atoms with van der Waals surface area (Å²) in [5.41, 5.74) is 0. The van der Waals surface area contributed by atoms with E-state index in [1.165, 1.54) is 12.3 Å². The van der Waals surface area contributed by atoms with Crippen molar-refractivity contribution < 1.29 is 9.21 Å². The molecule has 1 rings (SSSR count). The van der Waals surface area contributed by atoms with Gasteiger partial charge in [-0.2, -0.15) is 4.98 Å². The first kappa shape index (κ1) is 6.71. The maximum absolute atomic E-state index is 9.70. The molecule has 4 nitrogen and oxygen atoms in total. The summed E-state index contributed by atoms with van der Waals surface area (Å²) in [6, 6.07) is 0.